The summed E-state index contributed by atoms with van der Waals surface area (Å²) in [5.41, 5.74) is 0. The Morgan fingerprint density at radius 3 is 1.64 bits per heavy atom. The summed E-state index contributed by atoms with van der Waals surface area (Å²) >= 11 is 16.0. The van der Waals surface area contributed by atoms with Gasteiger partial charge in [0.05, 0.1) is 0 Å². The zero-order chi connectivity index (χ0) is 10.1. The van der Waals surface area contributed by atoms with E-state index >= 15 is 0 Å². The molecule has 4 aliphatic rings. The third-order valence-electron chi connectivity index (χ3n) is 4.09. The molecule has 82 valence electrons. The Balaban J connectivity index is 2.01. The van der Waals surface area contributed by atoms with Gasteiger partial charge in [0.1, 0.15) is 0 Å². The summed E-state index contributed by atoms with van der Waals surface area (Å²) in [5, 5.41) is 0. The minimum atomic E-state index is -1.53. The maximum absolute atomic E-state index is 4.08. The normalized spacial score (nSPS) is 61.4. The quantitative estimate of drug-likeness (QED) is 0.315. The molecule has 0 aromatic carbocycles. The Labute approximate surface area is 118 Å². The minimum absolute atomic E-state index is 0.786. The van der Waals surface area contributed by atoms with Gasteiger partial charge >= 0.3 is 120 Å². The molecule has 0 nitrogen and oxygen atoms in total. The number of hydrogen-bond donors (Lipinski definition) is 0. The number of alkyl halides is 2. The number of halogens is 4. The number of hydrogen-bond acceptors (Lipinski definition) is 0. The van der Waals surface area contributed by atoms with Crippen LogP contribution in [0.25, 0.3) is 0 Å². The Kier molecular flexibility index (Phi) is 3.06. The van der Waals surface area contributed by atoms with Crippen molar-refractivity contribution in [3.63, 3.8) is 0 Å². The predicted molar refractivity (Wildman–Crippen MR) is 77.4 cm³/mol. The van der Waals surface area contributed by atoms with E-state index in [-0.39, 0.29) is 0 Å². The summed E-state index contributed by atoms with van der Waals surface area (Å²) < 4.78 is 0. The predicted octanol–water partition coefficient (Wildman–Crippen LogP) is 4.93. The molecule has 2 saturated heterocycles. The van der Waals surface area contributed by atoms with Crippen LogP contribution in [-0.2, 0) is 0 Å². The van der Waals surface area contributed by atoms with Crippen LogP contribution in [0.5, 0.6) is 0 Å². The summed E-state index contributed by atoms with van der Waals surface area (Å²) in [6.07, 6.45) is 4.30. The molecule has 0 aromatic rings. The van der Waals surface area contributed by atoms with Crippen LogP contribution in [0.2, 0.25) is 9.63 Å². The molecule has 2 heterocycles. The molecule has 2 aliphatic heterocycles. The Morgan fingerprint density at radius 1 is 0.786 bits per heavy atom. The van der Waals surface area contributed by atoms with Crippen molar-refractivity contribution in [1.29, 1.82) is 0 Å². The van der Waals surface area contributed by atoms with E-state index in [1.54, 1.807) is 0 Å². The topological polar surface area (TPSA) is 0 Å². The van der Waals surface area contributed by atoms with Crippen LogP contribution in [0.15, 0.2) is 0 Å². The molecule has 0 spiro atoms. The van der Waals surface area contributed by atoms with Gasteiger partial charge in [0.2, 0.25) is 0 Å². The molecule has 4 rings (SSSR count). The summed E-state index contributed by atoms with van der Waals surface area (Å²) in [6, 6.07) is 0. The van der Waals surface area contributed by atoms with Crippen LogP contribution in [0.1, 0.15) is 19.3 Å². The fourth-order valence-electron chi connectivity index (χ4n) is 3.39. The fourth-order valence-corrected chi connectivity index (χ4v) is 27.7. The zero-order valence-electron chi connectivity index (χ0n) is 7.51. The third kappa shape index (κ3) is 1.45. The van der Waals surface area contributed by atoms with Crippen LogP contribution in [0.3, 0.4) is 0 Å². The molecule has 0 amide bonds. The Hall–Kier alpha value is 2.44. The molecule has 6 atom stereocenters. The van der Waals surface area contributed by atoms with E-state index in [1.807, 2.05) is 0 Å². The van der Waals surface area contributed by atoms with Crippen molar-refractivity contribution in [1.82, 2.24) is 0 Å². The second-order valence-electron chi connectivity index (χ2n) is 4.74. The van der Waals surface area contributed by atoms with Crippen LogP contribution >= 0.6 is 60.1 Å². The second-order valence-corrected chi connectivity index (χ2v) is 27.4. The van der Waals surface area contributed by atoms with E-state index in [0.29, 0.717) is 0 Å². The first-order valence-corrected chi connectivity index (χ1v) is 16.8. The van der Waals surface area contributed by atoms with E-state index in [9.17, 15) is 0 Å². The van der Waals surface area contributed by atoms with Gasteiger partial charge in [0, 0.05) is 0 Å². The van der Waals surface area contributed by atoms with Gasteiger partial charge in [0.25, 0.3) is 0 Å². The third-order valence-corrected chi connectivity index (χ3v) is 23.8. The average molecular weight is 519 g/mol. The van der Waals surface area contributed by atoms with Crippen LogP contribution < -0.4 is 0 Å². The summed E-state index contributed by atoms with van der Waals surface area (Å²) in [4.78, 5) is 3.41. The molecule has 4 bridgehead atoms. The SMILES string of the molecule is BrC1C2CC3CC1[Se](Br)(Br)C(C2)C3Br. The van der Waals surface area contributed by atoms with Crippen molar-refractivity contribution in [2.45, 2.75) is 38.5 Å². The summed E-state index contributed by atoms with van der Waals surface area (Å²) in [7, 11) is -1.53. The molecule has 2 aliphatic carbocycles. The van der Waals surface area contributed by atoms with Crippen molar-refractivity contribution in [2.75, 3.05) is 0 Å². The van der Waals surface area contributed by atoms with Crippen molar-refractivity contribution in [3.05, 3.63) is 0 Å². The standard InChI is InChI=1S/C9H12Br4Se/c10-8-4-1-5-3-7(8)14(12,13)6(2-4)9(5)11/h4-9H,1-3H2. The van der Waals surface area contributed by atoms with Crippen molar-refractivity contribution >= 4 is 69.3 Å². The summed E-state index contributed by atoms with van der Waals surface area (Å²) in [6.45, 7) is 0. The fraction of sp³-hybridized carbons (Fsp3) is 1.00. The van der Waals surface area contributed by atoms with Crippen molar-refractivity contribution < 1.29 is 0 Å². The van der Waals surface area contributed by atoms with Gasteiger partial charge in [-0.2, -0.15) is 0 Å². The molecule has 5 heteroatoms. The molecular weight excluding hydrogens is 507 g/mol. The first-order chi connectivity index (χ1) is 6.51. The van der Waals surface area contributed by atoms with Crippen LogP contribution in [-0.4, -0.2) is 18.9 Å². The van der Waals surface area contributed by atoms with Gasteiger partial charge in [-0.1, -0.05) is 0 Å². The van der Waals surface area contributed by atoms with Gasteiger partial charge in [-0.3, -0.25) is 0 Å². The second kappa shape index (κ2) is 3.71. The first kappa shape index (κ1) is 11.5. The molecule has 0 radical (unpaired) electrons. The molecule has 4 fully saturated rings. The molecule has 2 saturated carbocycles. The molecule has 6 unspecified atom stereocenters. The van der Waals surface area contributed by atoms with E-state index in [0.717, 1.165) is 31.1 Å². The maximum atomic E-state index is 4.08. The van der Waals surface area contributed by atoms with Gasteiger partial charge in [0.15, 0.2) is 0 Å². The Morgan fingerprint density at radius 2 is 1.21 bits per heavy atom. The Bertz CT molecular complexity index is 246. The van der Waals surface area contributed by atoms with Gasteiger partial charge < -0.3 is 0 Å². The van der Waals surface area contributed by atoms with Gasteiger partial charge in [-0.25, -0.2) is 0 Å². The van der Waals surface area contributed by atoms with E-state index in [4.69, 9.17) is 0 Å². The van der Waals surface area contributed by atoms with E-state index in [2.05, 4.69) is 60.1 Å². The van der Waals surface area contributed by atoms with Crippen molar-refractivity contribution in [2.24, 2.45) is 11.8 Å². The van der Waals surface area contributed by atoms with Crippen LogP contribution in [0, 0.1) is 11.8 Å². The van der Waals surface area contributed by atoms with E-state index in [1.165, 1.54) is 19.3 Å². The van der Waals surface area contributed by atoms with Gasteiger partial charge in [-0.05, 0) is 0 Å². The molecular formula is C9H12Br4Se. The number of rotatable bonds is 0. The van der Waals surface area contributed by atoms with Crippen LogP contribution in [0.4, 0.5) is 0 Å². The molecule has 0 aromatic heterocycles. The average Bonchev–Trinajstić information content (AvgIpc) is 2.11. The van der Waals surface area contributed by atoms with E-state index < -0.39 is 9.23 Å². The molecule has 0 N–H and O–H groups in total. The zero-order valence-corrected chi connectivity index (χ0v) is 15.6. The summed E-state index contributed by atoms with van der Waals surface area (Å²) in [5.74, 6) is 1.91. The monoisotopic (exact) mass is 516 g/mol. The molecule has 14 heavy (non-hydrogen) atoms. The van der Waals surface area contributed by atoms with Crippen molar-refractivity contribution in [3.8, 4) is 0 Å². The van der Waals surface area contributed by atoms with Gasteiger partial charge in [-0.15, -0.1) is 0 Å². The first-order valence-electron chi connectivity index (χ1n) is 5.00.